The van der Waals surface area contributed by atoms with Crippen LogP contribution in [0.15, 0.2) is 12.3 Å². The molecule has 0 radical (unpaired) electrons. The van der Waals surface area contributed by atoms with E-state index in [2.05, 4.69) is 4.98 Å². The van der Waals surface area contributed by atoms with Crippen LogP contribution in [0.25, 0.3) is 0 Å². The molecule has 0 aliphatic heterocycles. The summed E-state index contributed by atoms with van der Waals surface area (Å²) in [6.45, 7) is 3.84. The van der Waals surface area contributed by atoms with Crippen molar-refractivity contribution in [3.05, 3.63) is 29.1 Å². The van der Waals surface area contributed by atoms with Gasteiger partial charge in [0.2, 0.25) is 0 Å². The van der Waals surface area contributed by atoms with Crippen LogP contribution in [0.3, 0.4) is 0 Å². The van der Waals surface area contributed by atoms with Gasteiger partial charge in [-0.1, -0.05) is 0 Å². The fourth-order valence-corrected chi connectivity index (χ4v) is 1.43. The number of nitrogens with zero attached hydrogens (tertiary/aromatic N) is 1. The summed E-state index contributed by atoms with van der Waals surface area (Å²) in [5, 5.41) is 8.91. The van der Waals surface area contributed by atoms with Crippen molar-refractivity contribution in [2.75, 3.05) is 6.54 Å². The Kier molecular flexibility index (Phi) is 3.19. The van der Waals surface area contributed by atoms with E-state index in [0.29, 0.717) is 5.56 Å². The van der Waals surface area contributed by atoms with Crippen molar-refractivity contribution in [2.24, 2.45) is 5.73 Å². The average molecular weight is 194 g/mol. The Labute approximate surface area is 82.8 Å². The van der Waals surface area contributed by atoms with Crippen LogP contribution in [0.1, 0.15) is 22.7 Å². The Morgan fingerprint density at radius 2 is 2.29 bits per heavy atom. The molecule has 0 fully saturated rings. The Hall–Kier alpha value is -1.42. The monoisotopic (exact) mass is 194 g/mol. The minimum atomic E-state index is -0.902. The predicted molar refractivity (Wildman–Crippen MR) is 53.1 cm³/mol. The number of nitrogens with two attached hydrogens (primary N) is 1. The number of hydrogen-bond acceptors (Lipinski definition) is 3. The second-order valence-corrected chi connectivity index (χ2v) is 3.31. The number of pyridine rings is 1. The number of rotatable bonds is 3. The molecule has 1 rings (SSSR count). The first kappa shape index (κ1) is 10.7. The Balaban J connectivity index is 3.10. The van der Waals surface area contributed by atoms with Crippen LogP contribution in [0.5, 0.6) is 0 Å². The first-order chi connectivity index (χ1) is 6.56. The third-order valence-corrected chi connectivity index (χ3v) is 2.20. The third kappa shape index (κ3) is 2.09. The summed E-state index contributed by atoms with van der Waals surface area (Å²) in [5.74, 6) is -1.55. The molecule has 4 nitrogen and oxygen atoms in total. The van der Waals surface area contributed by atoms with Crippen LogP contribution in [-0.4, -0.2) is 22.6 Å². The van der Waals surface area contributed by atoms with Gasteiger partial charge < -0.3 is 10.8 Å². The molecule has 0 aliphatic carbocycles. The van der Waals surface area contributed by atoms with Gasteiger partial charge in [0, 0.05) is 18.4 Å². The molecule has 0 saturated heterocycles. The van der Waals surface area contributed by atoms with E-state index in [0.717, 1.165) is 11.3 Å². The Morgan fingerprint density at radius 3 is 2.71 bits per heavy atom. The fourth-order valence-electron chi connectivity index (χ4n) is 1.43. The molecule has 1 atom stereocenters. The number of aromatic nitrogens is 1. The van der Waals surface area contributed by atoms with E-state index in [1.54, 1.807) is 6.20 Å². The standard InChI is InChI=1S/C10H14N2O2/c1-6-3-7(2)12-5-9(6)8(4-11)10(13)14/h3,5,8H,4,11H2,1-2H3,(H,13,14). The van der Waals surface area contributed by atoms with Crippen LogP contribution in [0, 0.1) is 13.8 Å². The summed E-state index contributed by atoms with van der Waals surface area (Å²) in [6.07, 6.45) is 1.59. The number of carboxylic acid groups (broad SMARTS) is 1. The zero-order valence-electron chi connectivity index (χ0n) is 8.32. The normalized spacial score (nSPS) is 12.5. The molecule has 0 bridgehead atoms. The van der Waals surface area contributed by atoms with Crippen molar-refractivity contribution in [1.29, 1.82) is 0 Å². The average Bonchev–Trinajstić information content (AvgIpc) is 2.09. The maximum Gasteiger partial charge on any atom is 0.312 e. The minimum absolute atomic E-state index is 0.0981. The van der Waals surface area contributed by atoms with Crippen molar-refractivity contribution in [2.45, 2.75) is 19.8 Å². The van der Waals surface area contributed by atoms with E-state index < -0.39 is 11.9 Å². The van der Waals surface area contributed by atoms with Gasteiger partial charge in [0.05, 0.1) is 5.92 Å². The molecular formula is C10H14N2O2. The molecule has 1 heterocycles. The van der Waals surface area contributed by atoms with Crippen LogP contribution in [-0.2, 0) is 4.79 Å². The van der Waals surface area contributed by atoms with Gasteiger partial charge in [0.1, 0.15) is 0 Å². The molecule has 1 aromatic rings. The molecule has 0 amide bonds. The molecule has 0 aliphatic rings. The van der Waals surface area contributed by atoms with Gasteiger partial charge in [0.15, 0.2) is 0 Å². The van der Waals surface area contributed by atoms with Gasteiger partial charge in [-0.2, -0.15) is 0 Å². The second-order valence-electron chi connectivity index (χ2n) is 3.31. The molecule has 1 aromatic heterocycles. The number of carboxylic acids is 1. The van der Waals surface area contributed by atoms with Gasteiger partial charge in [0.25, 0.3) is 0 Å². The first-order valence-electron chi connectivity index (χ1n) is 4.42. The first-order valence-corrected chi connectivity index (χ1v) is 4.42. The van der Waals surface area contributed by atoms with Crippen molar-refractivity contribution >= 4 is 5.97 Å². The SMILES string of the molecule is Cc1cc(C)c(C(CN)C(=O)O)cn1. The van der Waals surface area contributed by atoms with Gasteiger partial charge in [-0.05, 0) is 31.0 Å². The van der Waals surface area contributed by atoms with E-state index in [1.807, 2.05) is 19.9 Å². The number of hydrogen-bond donors (Lipinski definition) is 2. The van der Waals surface area contributed by atoms with Crippen molar-refractivity contribution < 1.29 is 9.90 Å². The maximum absolute atomic E-state index is 10.9. The largest absolute Gasteiger partial charge is 0.481 e. The number of aryl methyl sites for hydroxylation is 2. The van der Waals surface area contributed by atoms with Crippen LogP contribution in [0.4, 0.5) is 0 Å². The molecule has 14 heavy (non-hydrogen) atoms. The van der Waals surface area contributed by atoms with Gasteiger partial charge in [-0.25, -0.2) is 0 Å². The van der Waals surface area contributed by atoms with Crippen LogP contribution >= 0.6 is 0 Å². The van der Waals surface area contributed by atoms with E-state index in [9.17, 15) is 4.79 Å². The quantitative estimate of drug-likeness (QED) is 0.747. The topological polar surface area (TPSA) is 76.2 Å². The number of carbonyl (C=O) groups is 1. The molecule has 4 heteroatoms. The summed E-state index contributed by atoms with van der Waals surface area (Å²) in [5.41, 5.74) is 7.91. The number of aliphatic carboxylic acids is 1. The lowest BCUT2D eigenvalue weighted by atomic mass is 9.96. The second kappa shape index (κ2) is 4.19. The van der Waals surface area contributed by atoms with E-state index in [4.69, 9.17) is 10.8 Å². The summed E-state index contributed by atoms with van der Waals surface area (Å²) in [4.78, 5) is 14.9. The smallest absolute Gasteiger partial charge is 0.312 e. The molecule has 76 valence electrons. The molecule has 3 N–H and O–H groups in total. The highest BCUT2D eigenvalue weighted by atomic mass is 16.4. The summed E-state index contributed by atoms with van der Waals surface area (Å²) in [6, 6.07) is 1.86. The van der Waals surface area contributed by atoms with E-state index in [1.165, 1.54) is 0 Å². The van der Waals surface area contributed by atoms with E-state index in [-0.39, 0.29) is 6.54 Å². The minimum Gasteiger partial charge on any atom is -0.481 e. The summed E-state index contributed by atoms with van der Waals surface area (Å²) in [7, 11) is 0. The van der Waals surface area contributed by atoms with Gasteiger partial charge >= 0.3 is 5.97 Å². The van der Waals surface area contributed by atoms with Crippen LogP contribution < -0.4 is 5.73 Å². The van der Waals surface area contributed by atoms with E-state index >= 15 is 0 Å². The molecule has 0 aromatic carbocycles. The van der Waals surface area contributed by atoms with Gasteiger partial charge in [-0.3, -0.25) is 9.78 Å². The zero-order valence-corrected chi connectivity index (χ0v) is 8.32. The molecule has 0 saturated carbocycles. The lowest BCUT2D eigenvalue weighted by molar-refractivity contribution is -0.138. The highest BCUT2D eigenvalue weighted by Gasteiger charge is 2.19. The van der Waals surface area contributed by atoms with Crippen molar-refractivity contribution in [3.63, 3.8) is 0 Å². The lowest BCUT2D eigenvalue weighted by Crippen LogP contribution is -2.22. The van der Waals surface area contributed by atoms with Crippen LogP contribution in [0.2, 0.25) is 0 Å². The predicted octanol–water partition coefficient (Wildman–Crippen LogP) is 0.825. The van der Waals surface area contributed by atoms with Crippen molar-refractivity contribution in [3.8, 4) is 0 Å². The Morgan fingerprint density at radius 1 is 1.64 bits per heavy atom. The molecular weight excluding hydrogens is 180 g/mol. The maximum atomic E-state index is 10.9. The Bertz CT molecular complexity index is 350. The zero-order chi connectivity index (χ0) is 10.7. The fraction of sp³-hybridized carbons (Fsp3) is 0.400. The van der Waals surface area contributed by atoms with Gasteiger partial charge in [-0.15, -0.1) is 0 Å². The summed E-state index contributed by atoms with van der Waals surface area (Å²) < 4.78 is 0. The lowest BCUT2D eigenvalue weighted by Gasteiger charge is -2.12. The summed E-state index contributed by atoms with van der Waals surface area (Å²) >= 11 is 0. The third-order valence-electron chi connectivity index (χ3n) is 2.20. The molecule has 0 spiro atoms. The molecule has 1 unspecified atom stereocenters. The van der Waals surface area contributed by atoms with Crippen molar-refractivity contribution in [1.82, 2.24) is 4.98 Å². The highest BCUT2D eigenvalue weighted by Crippen LogP contribution is 2.18. The highest BCUT2D eigenvalue weighted by molar-refractivity contribution is 5.76.